The van der Waals surface area contributed by atoms with E-state index >= 15 is 0 Å². The van der Waals surface area contributed by atoms with Crippen LogP contribution in [0.4, 0.5) is 0 Å². The molecule has 9 heteroatoms. The van der Waals surface area contributed by atoms with Crippen molar-refractivity contribution in [2.24, 2.45) is 5.41 Å². The maximum Gasteiger partial charge on any atom is 0.281 e. The van der Waals surface area contributed by atoms with Gasteiger partial charge in [-0.1, -0.05) is 12.1 Å². The third-order valence-electron chi connectivity index (χ3n) is 5.33. The summed E-state index contributed by atoms with van der Waals surface area (Å²) in [7, 11) is 0.986. The van der Waals surface area contributed by atoms with Crippen LogP contribution >= 0.6 is 0 Å². The Hall–Kier alpha value is -1.68. The molecule has 2 aliphatic heterocycles. The number of amides is 1. The lowest BCUT2D eigenvalue weighted by Gasteiger charge is -2.49. The van der Waals surface area contributed by atoms with Crippen LogP contribution in [-0.2, 0) is 21.4 Å². The van der Waals surface area contributed by atoms with E-state index in [2.05, 4.69) is 0 Å². The third kappa shape index (κ3) is 3.82. The summed E-state index contributed by atoms with van der Waals surface area (Å²) in [6.45, 7) is 1.08. The minimum atomic E-state index is -3.56. The Bertz CT molecular complexity index is 805. The molecule has 2 aliphatic rings. The number of aliphatic hydroxyl groups is 1. The first kappa shape index (κ1) is 20.1. The molecule has 1 N–H and O–H groups in total. The summed E-state index contributed by atoms with van der Waals surface area (Å²) in [4.78, 5) is 14.9. The average Bonchev–Trinajstić information content (AvgIpc) is 3.03. The number of benzene rings is 1. The van der Waals surface area contributed by atoms with E-state index in [0.29, 0.717) is 31.7 Å². The lowest BCUT2D eigenvalue weighted by Crippen LogP contribution is -2.67. The van der Waals surface area contributed by atoms with E-state index < -0.39 is 21.7 Å². The van der Waals surface area contributed by atoms with Gasteiger partial charge in [0.25, 0.3) is 10.2 Å². The molecule has 0 unspecified atom stereocenters. The molecule has 1 aromatic rings. The van der Waals surface area contributed by atoms with Crippen LogP contribution in [0.15, 0.2) is 24.3 Å². The first-order valence-electron chi connectivity index (χ1n) is 8.96. The van der Waals surface area contributed by atoms with Crippen molar-refractivity contribution in [3.63, 3.8) is 0 Å². The SMILES string of the molecule is COc1cccc(CC2(C(=O)N3CC[C@@H](O)C3)CN(S(=O)(=O)N(C)C)C2)c1. The molecule has 2 fully saturated rings. The zero-order valence-electron chi connectivity index (χ0n) is 16.0. The number of ether oxygens (including phenoxy) is 1. The van der Waals surface area contributed by atoms with E-state index in [9.17, 15) is 18.3 Å². The molecule has 1 aromatic carbocycles. The molecule has 3 rings (SSSR count). The monoisotopic (exact) mass is 397 g/mol. The zero-order chi connectivity index (χ0) is 19.8. The molecule has 2 heterocycles. The lowest BCUT2D eigenvalue weighted by molar-refractivity contribution is -0.148. The van der Waals surface area contributed by atoms with Gasteiger partial charge in [0, 0.05) is 40.3 Å². The predicted octanol–water partition coefficient (Wildman–Crippen LogP) is -0.0607. The van der Waals surface area contributed by atoms with Gasteiger partial charge in [0.2, 0.25) is 5.91 Å². The number of methoxy groups -OCH3 is 1. The maximum atomic E-state index is 13.2. The second-order valence-electron chi connectivity index (χ2n) is 7.56. The van der Waals surface area contributed by atoms with Gasteiger partial charge >= 0.3 is 0 Å². The second-order valence-corrected chi connectivity index (χ2v) is 9.70. The van der Waals surface area contributed by atoms with E-state index in [1.54, 1.807) is 12.0 Å². The van der Waals surface area contributed by atoms with Crippen molar-refractivity contribution in [3.8, 4) is 5.75 Å². The fraction of sp³-hybridized carbons (Fsp3) is 0.611. The number of carbonyl (C=O) groups is 1. The van der Waals surface area contributed by atoms with Crippen molar-refractivity contribution in [1.82, 2.24) is 13.5 Å². The Morgan fingerprint density at radius 3 is 2.63 bits per heavy atom. The molecular formula is C18H27N3O5S. The van der Waals surface area contributed by atoms with Gasteiger partial charge in [-0.2, -0.15) is 17.0 Å². The minimum Gasteiger partial charge on any atom is -0.497 e. The second kappa shape index (κ2) is 7.38. The summed E-state index contributed by atoms with van der Waals surface area (Å²) in [6.07, 6.45) is 0.472. The highest BCUT2D eigenvalue weighted by Crippen LogP contribution is 2.39. The fourth-order valence-corrected chi connectivity index (χ4v) is 5.06. The number of carbonyl (C=O) groups excluding carboxylic acids is 1. The molecule has 1 amide bonds. The summed E-state index contributed by atoms with van der Waals surface area (Å²) in [6, 6.07) is 7.48. The van der Waals surface area contributed by atoms with Crippen molar-refractivity contribution >= 4 is 16.1 Å². The molecule has 0 aliphatic carbocycles. The highest BCUT2D eigenvalue weighted by atomic mass is 32.2. The molecule has 0 spiro atoms. The molecule has 1 atom stereocenters. The van der Waals surface area contributed by atoms with Gasteiger partial charge in [0.1, 0.15) is 5.75 Å². The number of likely N-dealkylation sites (tertiary alicyclic amines) is 1. The predicted molar refractivity (Wildman–Crippen MR) is 101 cm³/mol. The average molecular weight is 397 g/mol. The lowest BCUT2D eigenvalue weighted by atomic mass is 9.75. The van der Waals surface area contributed by atoms with Gasteiger partial charge in [0.05, 0.1) is 18.6 Å². The van der Waals surface area contributed by atoms with Crippen molar-refractivity contribution in [2.75, 3.05) is 47.4 Å². The normalized spacial score (nSPS) is 22.7. The van der Waals surface area contributed by atoms with Crippen LogP contribution in [0, 0.1) is 5.41 Å². The molecule has 150 valence electrons. The molecule has 2 saturated heterocycles. The first-order chi connectivity index (χ1) is 12.7. The zero-order valence-corrected chi connectivity index (χ0v) is 16.8. The van der Waals surface area contributed by atoms with Crippen molar-refractivity contribution in [1.29, 1.82) is 0 Å². The Labute approximate surface area is 160 Å². The minimum absolute atomic E-state index is 0.0907. The molecular weight excluding hydrogens is 370 g/mol. The van der Waals surface area contributed by atoms with Crippen molar-refractivity contribution < 1.29 is 23.1 Å². The molecule has 27 heavy (non-hydrogen) atoms. The Morgan fingerprint density at radius 1 is 1.37 bits per heavy atom. The van der Waals surface area contributed by atoms with Crippen LogP contribution < -0.4 is 4.74 Å². The van der Waals surface area contributed by atoms with Gasteiger partial charge in [-0.25, -0.2) is 0 Å². The number of rotatable bonds is 6. The molecule has 0 bridgehead atoms. The van der Waals surface area contributed by atoms with Crippen LogP contribution in [0.3, 0.4) is 0 Å². The van der Waals surface area contributed by atoms with E-state index in [4.69, 9.17) is 4.74 Å². The van der Waals surface area contributed by atoms with Gasteiger partial charge in [-0.3, -0.25) is 4.79 Å². The van der Waals surface area contributed by atoms with Gasteiger partial charge < -0.3 is 14.7 Å². The van der Waals surface area contributed by atoms with Gasteiger partial charge in [0.15, 0.2) is 0 Å². The number of nitrogens with zero attached hydrogens (tertiary/aromatic N) is 3. The highest BCUT2D eigenvalue weighted by molar-refractivity contribution is 7.86. The standard InChI is InChI=1S/C18H27N3O5S/c1-19(2)27(24,25)21-12-18(13-21,17(23)20-8-7-15(22)11-20)10-14-5-4-6-16(9-14)26-3/h4-6,9,15,22H,7-8,10-13H2,1-3H3/t15-/m1/s1. The largest absolute Gasteiger partial charge is 0.497 e. The first-order valence-corrected chi connectivity index (χ1v) is 10.4. The number of hydrogen-bond donors (Lipinski definition) is 1. The van der Waals surface area contributed by atoms with Crippen LogP contribution in [0.5, 0.6) is 5.75 Å². The van der Waals surface area contributed by atoms with Crippen molar-refractivity contribution in [2.45, 2.75) is 18.9 Å². The van der Waals surface area contributed by atoms with E-state index in [1.807, 2.05) is 24.3 Å². The molecule has 8 nitrogen and oxygen atoms in total. The Morgan fingerprint density at radius 2 is 2.07 bits per heavy atom. The summed E-state index contributed by atoms with van der Waals surface area (Å²) in [5, 5.41) is 9.79. The van der Waals surface area contributed by atoms with Crippen molar-refractivity contribution in [3.05, 3.63) is 29.8 Å². The van der Waals surface area contributed by atoms with Gasteiger partial charge in [-0.15, -0.1) is 0 Å². The van der Waals surface area contributed by atoms with Crippen LogP contribution in [-0.4, -0.2) is 86.4 Å². The number of β-amino-alcohol motifs (C(OH)–C–C–N with tert-alkyl or cyclic N) is 1. The highest BCUT2D eigenvalue weighted by Gasteiger charge is 2.55. The fourth-order valence-electron chi connectivity index (χ4n) is 3.78. The quantitative estimate of drug-likeness (QED) is 0.726. The van der Waals surface area contributed by atoms with Gasteiger partial charge in [-0.05, 0) is 30.5 Å². The maximum absolute atomic E-state index is 13.2. The molecule has 0 aromatic heterocycles. The number of hydrogen-bond acceptors (Lipinski definition) is 5. The summed E-state index contributed by atoms with van der Waals surface area (Å²) in [5.41, 5.74) is 0.101. The van der Waals surface area contributed by atoms with E-state index in [-0.39, 0.29) is 19.0 Å². The van der Waals surface area contributed by atoms with Crippen LogP contribution in [0.1, 0.15) is 12.0 Å². The molecule has 0 saturated carbocycles. The topological polar surface area (TPSA) is 90.4 Å². The number of aliphatic hydroxyl groups excluding tert-OH is 1. The smallest absolute Gasteiger partial charge is 0.281 e. The Kier molecular flexibility index (Phi) is 5.49. The summed E-state index contributed by atoms with van der Waals surface area (Å²) in [5.74, 6) is 0.607. The summed E-state index contributed by atoms with van der Waals surface area (Å²) >= 11 is 0. The Balaban J connectivity index is 1.85. The van der Waals surface area contributed by atoms with E-state index in [0.717, 1.165) is 9.87 Å². The third-order valence-corrected chi connectivity index (χ3v) is 7.16. The molecule has 0 radical (unpaired) electrons. The van der Waals surface area contributed by atoms with Crippen LogP contribution in [0.25, 0.3) is 0 Å². The summed E-state index contributed by atoms with van der Waals surface area (Å²) < 4.78 is 32.6. The van der Waals surface area contributed by atoms with E-state index in [1.165, 1.54) is 18.4 Å². The van der Waals surface area contributed by atoms with Crippen LogP contribution in [0.2, 0.25) is 0 Å².